The van der Waals surface area contributed by atoms with Crippen molar-refractivity contribution < 1.29 is 24.2 Å². The van der Waals surface area contributed by atoms with Crippen molar-refractivity contribution in [2.75, 3.05) is 19.5 Å². The van der Waals surface area contributed by atoms with Gasteiger partial charge in [0.2, 0.25) is 0 Å². The van der Waals surface area contributed by atoms with Gasteiger partial charge in [-0.2, -0.15) is 0 Å². The largest absolute Gasteiger partial charge is 0.545 e. The summed E-state index contributed by atoms with van der Waals surface area (Å²) in [5.41, 5.74) is 0.313. The number of hydrogen-bond acceptors (Lipinski definition) is 5. The first kappa shape index (κ1) is 15.4. The highest BCUT2D eigenvalue weighted by Gasteiger charge is 2.13. The van der Waals surface area contributed by atoms with Crippen LogP contribution in [0.3, 0.4) is 0 Å². The van der Waals surface area contributed by atoms with Gasteiger partial charge in [0, 0.05) is 22.9 Å². The number of benzene rings is 2. The van der Waals surface area contributed by atoms with Crippen LogP contribution in [0.5, 0.6) is 11.5 Å². The molecule has 0 aliphatic carbocycles. The molecule has 1 amide bonds. The van der Waals surface area contributed by atoms with Crippen LogP contribution in [0.15, 0.2) is 42.5 Å². The number of carbonyl (C=O) groups excluding carboxylic acids is 2. The summed E-state index contributed by atoms with van der Waals surface area (Å²) in [7, 11) is 2.99. The smallest absolute Gasteiger partial charge is 0.256 e. The average Bonchev–Trinajstić information content (AvgIpc) is 2.54. The monoisotopic (exact) mass is 300 g/mol. The molecular formula is C16H14NO5-. The molecule has 114 valence electrons. The highest BCUT2D eigenvalue weighted by Crippen LogP contribution is 2.30. The summed E-state index contributed by atoms with van der Waals surface area (Å²) in [6.07, 6.45) is 0. The van der Waals surface area contributed by atoms with Crippen LogP contribution in [0.25, 0.3) is 0 Å². The normalized spacial score (nSPS) is 9.91. The van der Waals surface area contributed by atoms with Crippen LogP contribution in [-0.2, 0) is 0 Å². The first-order valence-electron chi connectivity index (χ1n) is 6.40. The summed E-state index contributed by atoms with van der Waals surface area (Å²) in [6, 6.07) is 10.7. The van der Waals surface area contributed by atoms with E-state index in [2.05, 4.69) is 5.32 Å². The number of hydrogen-bond donors (Lipinski definition) is 1. The number of anilines is 1. The van der Waals surface area contributed by atoms with Crippen molar-refractivity contribution in [3.8, 4) is 11.5 Å². The van der Waals surface area contributed by atoms with E-state index in [0.29, 0.717) is 17.2 Å². The molecule has 6 nitrogen and oxygen atoms in total. The van der Waals surface area contributed by atoms with Crippen molar-refractivity contribution >= 4 is 17.6 Å². The third kappa shape index (κ3) is 3.17. The predicted octanol–water partition coefficient (Wildman–Crippen LogP) is 1.32. The predicted molar refractivity (Wildman–Crippen MR) is 78.3 cm³/mol. The third-order valence-electron chi connectivity index (χ3n) is 3.03. The van der Waals surface area contributed by atoms with Gasteiger partial charge in [0.25, 0.3) is 5.91 Å². The molecule has 6 heteroatoms. The van der Waals surface area contributed by atoms with Gasteiger partial charge >= 0.3 is 0 Å². The van der Waals surface area contributed by atoms with Crippen molar-refractivity contribution in [2.24, 2.45) is 0 Å². The highest BCUT2D eigenvalue weighted by atomic mass is 16.5. The van der Waals surface area contributed by atoms with E-state index in [9.17, 15) is 14.7 Å². The van der Waals surface area contributed by atoms with Crippen molar-refractivity contribution in [3.05, 3.63) is 53.6 Å². The summed E-state index contributed by atoms with van der Waals surface area (Å²) >= 11 is 0. The minimum atomic E-state index is -1.40. The summed E-state index contributed by atoms with van der Waals surface area (Å²) in [4.78, 5) is 23.3. The average molecular weight is 300 g/mol. The van der Waals surface area contributed by atoms with Gasteiger partial charge in [-0.1, -0.05) is 18.2 Å². The molecule has 0 saturated carbocycles. The second-order valence-corrected chi connectivity index (χ2v) is 4.36. The Morgan fingerprint density at radius 3 is 2.18 bits per heavy atom. The molecule has 0 heterocycles. The number of amides is 1. The fourth-order valence-corrected chi connectivity index (χ4v) is 1.97. The summed E-state index contributed by atoms with van der Waals surface area (Å²) in [5.74, 6) is -0.978. The quantitative estimate of drug-likeness (QED) is 0.899. The number of ether oxygens (including phenoxy) is 2. The van der Waals surface area contributed by atoms with Crippen molar-refractivity contribution in [3.63, 3.8) is 0 Å². The topological polar surface area (TPSA) is 87.7 Å². The minimum Gasteiger partial charge on any atom is -0.545 e. The van der Waals surface area contributed by atoms with Crippen LogP contribution in [0.1, 0.15) is 20.7 Å². The van der Waals surface area contributed by atoms with Gasteiger partial charge in [0.15, 0.2) is 11.5 Å². The first-order chi connectivity index (χ1) is 10.6. The molecule has 1 N–H and O–H groups in total. The number of aromatic carboxylic acids is 1. The molecule has 0 aromatic heterocycles. The number of methoxy groups -OCH3 is 2. The van der Waals surface area contributed by atoms with Crippen LogP contribution in [0, 0.1) is 0 Å². The highest BCUT2D eigenvalue weighted by molar-refractivity contribution is 6.10. The van der Waals surface area contributed by atoms with E-state index in [-0.39, 0.29) is 11.1 Å². The third-order valence-corrected chi connectivity index (χ3v) is 3.03. The molecule has 2 rings (SSSR count). The molecule has 0 saturated heterocycles. The Morgan fingerprint density at radius 1 is 0.955 bits per heavy atom. The zero-order chi connectivity index (χ0) is 16.1. The second kappa shape index (κ2) is 6.62. The van der Waals surface area contributed by atoms with E-state index in [0.717, 1.165) is 0 Å². The second-order valence-electron chi connectivity index (χ2n) is 4.36. The van der Waals surface area contributed by atoms with Gasteiger partial charge in [0.05, 0.1) is 20.2 Å². The molecular weight excluding hydrogens is 286 g/mol. The van der Waals surface area contributed by atoms with Crippen molar-refractivity contribution in [1.82, 2.24) is 0 Å². The van der Waals surface area contributed by atoms with Gasteiger partial charge in [0.1, 0.15) is 0 Å². The Balaban J connectivity index is 2.28. The number of carboxylic acids is 1. The number of rotatable bonds is 5. The van der Waals surface area contributed by atoms with Gasteiger partial charge in [-0.3, -0.25) is 4.79 Å². The minimum absolute atomic E-state index is 0.0253. The molecule has 0 spiro atoms. The lowest BCUT2D eigenvalue weighted by Gasteiger charge is -2.12. The Labute approximate surface area is 127 Å². The Hall–Kier alpha value is -3.02. The van der Waals surface area contributed by atoms with E-state index in [4.69, 9.17) is 9.47 Å². The Bertz CT molecular complexity index is 711. The number of carboxylic acid groups (broad SMARTS) is 1. The Kier molecular flexibility index (Phi) is 4.63. The van der Waals surface area contributed by atoms with Gasteiger partial charge in [-0.05, 0) is 18.2 Å². The maximum atomic E-state index is 12.2. The lowest BCUT2D eigenvalue weighted by Crippen LogP contribution is -2.26. The molecule has 2 aromatic rings. The first-order valence-corrected chi connectivity index (χ1v) is 6.40. The van der Waals surface area contributed by atoms with Gasteiger partial charge in [-0.25, -0.2) is 0 Å². The van der Waals surface area contributed by atoms with E-state index < -0.39 is 11.9 Å². The molecule has 0 aliphatic heterocycles. The van der Waals surface area contributed by atoms with Crippen molar-refractivity contribution in [2.45, 2.75) is 0 Å². The molecule has 0 atom stereocenters. The van der Waals surface area contributed by atoms with E-state index in [1.54, 1.807) is 24.3 Å². The zero-order valence-electron chi connectivity index (χ0n) is 12.1. The van der Waals surface area contributed by atoms with Crippen LogP contribution in [0.4, 0.5) is 5.69 Å². The standard InChI is InChI=1S/C16H15NO5/c1-21-13-8-7-10(9-14(13)22-2)17-15(18)11-5-3-4-6-12(11)16(19)20/h3-9H,1-2H3,(H,17,18)(H,19,20)/p-1. The van der Waals surface area contributed by atoms with Gasteiger partial charge in [-0.15, -0.1) is 0 Å². The van der Waals surface area contributed by atoms with Crippen molar-refractivity contribution in [1.29, 1.82) is 0 Å². The lowest BCUT2D eigenvalue weighted by molar-refractivity contribution is -0.255. The summed E-state index contributed by atoms with van der Waals surface area (Å²) < 4.78 is 10.3. The summed E-state index contributed by atoms with van der Waals surface area (Å²) in [5, 5.41) is 13.6. The fourth-order valence-electron chi connectivity index (χ4n) is 1.97. The molecule has 0 unspecified atom stereocenters. The lowest BCUT2D eigenvalue weighted by atomic mass is 10.1. The molecule has 2 aromatic carbocycles. The number of nitrogens with one attached hydrogen (secondary N) is 1. The van der Waals surface area contributed by atoms with Crippen LogP contribution < -0.4 is 19.9 Å². The van der Waals surface area contributed by atoms with E-state index in [1.165, 1.54) is 32.4 Å². The maximum Gasteiger partial charge on any atom is 0.256 e. The SMILES string of the molecule is COc1ccc(NC(=O)c2ccccc2C(=O)[O-])cc1OC. The van der Waals surface area contributed by atoms with Gasteiger partial charge < -0.3 is 24.7 Å². The zero-order valence-corrected chi connectivity index (χ0v) is 12.1. The molecule has 0 fully saturated rings. The van der Waals surface area contributed by atoms with Crippen LogP contribution in [0.2, 0.25) is 0 Å². The van der Waals surface area contributed by atoms with Crippen LogP contribution >= 0.6 is 0 Å². The molecule has 0 bridgehead atoms. The fraction of sp³-hybridized carbons (Fsp3) is 0.125. The summed E-state index contributed by atoms with van der Waals surface area (Å²) in [6.45, 7) is 0. The maximum absolute atomic E-state index is 12.2. The van der Waals surface area contributed by atoms with Crippen LogP contribution in [-0.4, -0.2) is 26.1 Å². The van der Waals surface area contributed by atoms with E-state index in [1.807, 2.05) is 0 Å². The Morgan fingerprint density at radius 2 is 1.59 bits per heavy atom. The number of carbonyl (C=O) groups is 2. The molecule has 22 heavy (non-hydrogen) atoms. The molecule has 0 radical (unpaired) electrons. The van der Waals surface area contributed by atoms with E-state index >= 15 is 0 Å². The molecule has 0 aliphatic rings.